The average molecular weight is 259 g/mol. The maximum atomic E-state index is 13.5. The quantitative estimate of drug-likeness (QED) is 0.873. The van der Waals surface area contributed by atoms with Crippen LogP contribution >= 0.6 is 11.6 Å². The first-order valence-electron chi connectivity index (χ1n) is 5.42. The molecule has 3 nitrogen and oxygen atoms in total. The van der Waals surface area contributed by atoms with Crippen LogP contribution in [0, 0.1) is 11.7 Å². The molecule has 3 N–H and O–H groups in total. The molecular weight excluding hydrogens is 243 g/mol. The predicted molar refractivity (Wildman–Crippen MR) is 67.5 cm³/mol. The van der Waals surface area contributed by atoms with E-state index in [9.17, 15) is 9.18 Å². The Labute approximate surface area is 105 Å². The van der Waals surface area contributed by atoms with Crippen LogP contribution in [0.25, 0.3) is 0 Å². The number of nitrogens with one attached hydrogen (secondary N) is 1. The van der Waals surface area contributed by atoms with Gasteiger partial charge < -0.3 is 11.1 Å². The van der Waals surface area contributed by atoms with E-state index in [1.165, 1.54) is 12.1 Å². The van der Waals surface area contributed by atoms with Crippen molar-refractivity contribution in [1.82, 2.24) is 0 Å². The van der Waals surface area contributed by atoms with E-state index in [4.69, 9.17) is 17.3 Å². The molecule has 1 rings (SSSR count). The molecule has 0 bridgehead atoms. The van der Waals surface area contributed by atoms with Crippen molar-refractivity contribution in [2.45, 2.75) is 26.3 Å². The Morgan fingerprint density at radius 3 is 2.76 bits per heavy atom. The molecule has 17 heavy (non-hydrogen) atoms. The number of anilines is 1. The maximum absolute atomic E-state index is 13.5. The lowest BCUT2D eigenvalue weighted by Crippen LogP contribution is -2.36. The third-order valence-corrected chi connectivity index (χ3v) is 2.56. The summed E-state index contributed by atoms with van der Waals surface area (Å²) in [6, 6.07) is 3.78. The first-order chi connectivity index (χ1) is 7.91. The zero-order valence-corrected chi connectivity index (χ0v) is 10.6. The van der Waals surface area contributed by atoms with Gasteiger partial charge in [0.05, 0.1) is 16.8 Å². The van der Waals surface area contributed by atoms with E-state index >= 15 is 0 Å². The fraction of sp³-hybridized carbons (Fsp3) is 0.417. The Balaban J connectivity index is 2.71. The van der Waals surface area contributed by atoms with Gasteiger partial charge in [0.1, 0.15) is 0 Å². The van der Waals surface area contributed by atoms with E-state index < -0.39 is 17.8 Å². The molecule has 5 heteroatoms. The molecule has 0 aliphatic rings. The molecule has 0 saturated carbocycles. The van der Waals surface area contributed by atoms with Crippen LogP contribution < -0.4 is 11.1 Å². The summed E-state index contributed by atoms with van der Waals surface area (Å²) >= 11 is 5.60. The van der Waals surface area contributed by atoms with Gasteiger partial charge in [0, 0.05) is 0 Å². The van der Waals surface area contributed by atoms with Gasteiger partial charge >= 0.3 is 0 Å². The number of hydrogen-bond acceptors (Lipinski definition) is 2. The third-order valence-electron chi connectivity index (χ3n) is 2.27. The summed E-state index contributed by atoms with van der Waals surface area (Å²) < 4.78 is 13.5. The highest BCUT2D eigenvalue weighted by molar-refractivity contribution is 6.31. The van der Waals surface area contributed by atoms with Crippen molar-refractivity contribution < 1.29 is 9.18 Å². The van der Waals surface area contributed by atoms with Crippen molar-refractivity contribution in [3.63, 3.8) is 0 Å². The van der Waals surface area contributed by atoms with Gasteiger partial charge in [0.25, 0.3) is 0 Å². The van der Waals surface area contributed by atoms with Crippen LogP contribution in [0.3, 0.4) is 0 Å². The molecule has 0 saturated heterocycles. The van der Waals surface area contributed by atoms with Gasteiger partial charge in [-0.2, -0.15) is 0 Å². The van der Waals surface area contributed by atoms with Gasteiger partial charge in [0.15, 0.2) is 5.82 Å². The summed E-state index contributed by atoms with van der Waals surface area (Å²) in [6.07, 6.45) is 0.550. The highest BCUT2D eigenvalue weighted by Gasteiger charge is 2.17. The van der Waals surface area contributed by atoms with Crippen molar-refractivity contribution in [3.8, 4) is 0 Å². The first kappa shape index (κ1) is 13.9. The molecule has 0 radical (unpaired) electrons. The van der Waals surface area contributed by atoms with E-state index in [1.807, 2.05) is 13.8 Å². The van der Waals surface area contributed by atoms with Crippen LogP contribution in [0.2, 0.25) is 5.02 Å². The highest BCUT2D eigenvalue weighted by Crippen LogP contribution is 2.22. The predicted octanol–water partition coefficient (Wildman–Crippen LogP) is 2.79. The summed E-state index contributed by atoms with van der Waals surface area (Å²) in [5.41, 5.74) is 5.74. The zero-order chi connectivity index (χ0) is 13.0. The zero-order valence-electron chi connectivity index (χ0n) is 9.84. The lowest BCUT2D eigenvalue weighted by molar-refractivity contribution is -0.117. The Morgan fingerprint density at radius 1 is 1.53 bits per heavy atom. The number of nitrogens with two attached hydrogens (primary N) is 1. The fourth-order valence-electron chi connectivity index (χ4n) is 1.44. The monoisotopic (exact) mass is 258 g/mol. The Hall–Kier alpha value is -1.13. The lowest BCUT2D eigenvalue weighted by Gasteiger charge is -2.14. The van der Waals surface area contributed by atoms with E-state index in [0.29, 0.717) is 12.3 Å². The lowest BCUT2D eigenvalue weighted by atomic mass is 10.0. The van der Waals surface area contributed by atoms with Crippen molar-refractivity contribution in [2.24, 2.45) is 11.7 Å². The molecule has 94 valence electrons. The number of carbonyl (C=O) groups is 1. The maximum Gasteiger partial charge on any atom is 0.241 e. The average Bonchev–Trinajstić information content (AvgIpc) is 2.23. The molecule has 1 amide bonds. The molecule has 0 aliphatic heterocycles. The first-order valence-corrected chi connectivity index (χ1v) is 5.80. The molecule has 0 fully saturated rings. The molecule has 1 unspecified atom stereocenters. The Bertz CT molecular complexity index is 409. The van der Waals surface area contributed by atoms with Crippen molar-refractivity contribution in [3.05, 3.63) is 29.0 Å². The van der Waals surface area contributed by atoms with Crippen LogP contribution in [0.1, 0.15) is 20.3 Å². The van der Waals surface area contributed by atoms with Crippen molar-refractivity contribution in [2.75, 3.05) is 5.32 Å². The third kappa shape index (κ3) is 3.98. The molecule has 0 spiro atoms. The number of rotatable bonds is 4. The normalized spacial score (nSPS) is 12.6. The van der Waals surface area contributed by atoms with Gasteiger partial charge in [-0.1, -0.05) is 31.5 Å². The topological polar surface area (TPSA) is 55.1 Å². The summed E-state index contributed by atoms with van der Waals surface area (Å²) in [5.74, 6) is -0.737. The van der Waals surface area contributed by atoms with Gasteiger partial charge in [0.2, 0.25) is 5.91 Å². The summed E-state index contributed by atoms with van der Waals surface area (Å²) in [7, 11) is 0. The number of halogens is 2. The molecule has 0 heterocycles. The Kier molecular flexibility index (Phi) is 4.90. The van der Waals surface area contributed by atoms with Crippen LogP contribution in [0.4, 0.5) is 10.1 Å². The Morgan fingerprint density at radius 2 is 2.18 bits per heavy atom. The van der Waals surface area contributed by atoms with E-state index in [1.54, 1.807) is 6.07 Å². The molecule has 0 aromatic heterocycles. The minimum atomic E-state index is -0.645. The molecule has 0 aliphatic carbocycles. The van der Waals surface area contributed by atoms with Crippen LogP contribution in [0.15, 0.2) is 18.2 Å². The van der Waals surface area contributed by atoms with E-state index in [0.717, 1.165) is 0 Å². The van der Waals surface area contributed by atoms with Crippen LogP contribution in [0.5, 0.6) is 0 Å². The number of amides is 1. The largest absolute Gasteiger partial charge is 0.322 e. The summed E-state index contributed by atoms with van der Waals surface area (Å²) in [5, 5.41) is 2.41. The number of carbonyl (C=O) groups excluding carboxylic acids is 1. The van der Waals surface area contributed by atoms with E-state index in [-0.39, 0.29) is 10.7 Å². The summed E-state index contributed by atoms with van der Waals surface area (Å²) in [4.78, 5) is 11.7. The van der Waals surface area contributed by atoms with Crippen molar-refractivity contribution >= 4 is 23.2 Å². The SMILES string of the molecule is CC(C)CC(N)C(=O)Nc1cccc(Cl)c1F. The van der Waals surface area contributed by atoms with Crippen LogP contribution in [-0.4, -0.2) is 11.9 Å². The minimum absolute atomic E-state index is 0.0276. The van der Waals surface area contributed by atoms with Gasteiger partial charge in [-0.05, 0) is 24.5 Å². The second kappa shape index (κ2) is 5.98. The van der Waals surface area contributed by atoms with Crippen LogP contribution in [-0.2, 0) is 4.79 Å². The second-order valence-electron chi connectivity index (χ2n) is 4.33. The number of hydrogen-bond donors (Lipinski definition) is 2. The minimum Gasteiger partial charge on any atom is -0.322 e. The fourth-order valence-corrected chi connectivity index (χ4v) is 1.62. The standard InChI is InChI=1S/C12H16ClFN2O/c1-7(2)6-9(15)12(17)16-10-5-3-4-8(13)11(10)14/h3-5,7,9H,6,15H2,1-2H3,(H,16,17). The molecule has 1 aromatic rings. The summed E-state index contributed by atoms with van der Waals surface area (Å²) in [6.45, 7) is 3.93. The van der Waals surface area contributed by atoms with Gasteiger partial charge in [-0.3, -0.25) is 4.79 Å². The van der Waals surface area contributed by atoms with E-state index in [2.05, 4.69) is 5.32 Å². The highest BCUT2D eigenvalue weighted by atomic mass is 35.5. The molecular formula is C12H16ClFN2O. The van der Waals surface area contributed by atoms with Gasteiger partial charge in [-0.25, -0.2) is 4.39 Å². The molecule has 1 aromatic carbocycles. The number of benzene rings is 1. The van der Waals surface area contributed by atoms with Crippen molar-refractivity contribution in [1.29, 1.82) is 0 Å². The smallest absolute Gasteiger partial charge is 0.241 e. The molecule has 1 atom stereocenters. The van der Waals surface area contributed by atoms with Gasteiger partial charge in [-0.15, -0.1) is 0 Å². The second-order valence-corrected chi connectivity index (χ2v) is 4.73.